The Balaban J connectivity index is 2.02. The van der Waals surface area contributed by atoms with E-state index in [1.54, 1.807) is 0 Å². The third-order valence-corrected chi connectivity index (χ3v) is 6.33. The van der Waals surface area contributed by atoms with Gasteiger partial charge in [-0.25, -0.2) is 0 Å². The van der Waals surface area contributed by atoms with Gasteiger partial charge in [0.1, 0.15) is 0 Å². The van der Waals surface area contributed by atoms with Crippen molar-refractivity contribution in [1.82, 2.24) is 8.61 Å². The molecule has 0 bridgehead atoms. The molecule has 6 nitrogen and oxygen atoms in total. The van der Waals surface area contributed by atoms with Gasteiger partial charge in [0, 0.05) is 25.8 Å². The first-order valence-corrected chi connectivity index (χ1v) is 9.79. The van der Waals surface area contributed by atoms with Gasteiger partial charge in [-0.2, -0.15) is 17.0 Å². The van der Waals surface area contributed by atoms with E-state index in [0.29, 0.717) is 13.1 Å². The number of nitrogens with zero attached hydrogens (tertiary/aromatic N) is 2. The third-order valence-electron chi connectivity index (χ3n) is 4.40. The molecule has 1 amide bonds. The molecule has 0 spiro atoms. The number of aryl methyl sites for hydroxylation is 2. The fourth-order valence-electron chi connectivity index (χ4n) is 2.94. The van der Waals surface area contributed by atoms with Crippen molar-refractivity contribution in [2.24, 2.45) is 0 Å². The molecule has 1 heterocycles. The molecule has 1 aliphatic heterocycles. The van der Waals surface area contributed by atoms with Crippen LogP contribution in [0.15, 0.2) is 18.2 Å². The lowest BCUT2D eigenvalue weighted by molar-refractivity contribution is -0.116. The number of hydrogen-bond donors (Lipinski definition) is 1. The number of nitrogens with one attached hydrogen (secondary N) is 1. The van der Waals surface area contributed by atoms with Crippen LogP contribution in [0.2, 0.25) is 0 Å². The number of anilines is 1. The van der Waals surface area contributed by atoms with Crippen LogP contribution in [0.4, 0.5) is 5.69 Å². The van der Waals surface area contributed by atoms with Gasteiger partial charge in [0.2, 0.25) is 5.91 Å². The zero-order valence-corrected chi connectivity index (χ0v) is 15.5. The molecule has 1 aromatic carbocycles. The highest BCUT2D eigenvalue weighted by molar-refractivity contribution is 7.86. The summed E-state index contributed by atoms with van der Waals surface area (Å²) in [6.45, 7) is 4.71. The van der Waals surface area contributed by atoms with Crippen molar-refractivity contribution in [2.45, 2.75) is 39.5 Å². The zero-order chi connectivity index (χ0) is 17.7. The first-order valence-electron chi connectivity index (χ1n) is 8.40. The van der Waals surface area contributed by atoms with Crippen LogP contribution in [0, 0.1) is 13.8 Å². The van der Waals surface area contributed by atoms with E-state index in [-0.39, 0.29) is 12.5 Å². The second-order valence-corrected chi connectivity index (χ2v) is 8.43. The average Bonchev–Trinajstić information content (AvgIpc) is 2.80. The number of para-hydroxylation sites is 1. The number of likely N-dealkylation sites (N-methyl/N-ethyl adjacent to an activating group) is 1. The Morgan fingerprint density at radius 2 is 1.67 bits per heavy atom. The number of rotatable bonds is 5. The molecule has 0 atom stereocenters. The Bertz CT molecular complexity index is 660. The summed E-state index contributed by atoms with van der Waals surface area (Å²) in [5, 5.41) is 2.83. The number of benzene rings is 1. The maximum Gasteiger partial charge on any atom is 0.282 e. The Morgan fingerprint density at radius 3 is 2.21 bits per heavy atom. The maximum atomic E-state index is 12.6. The summed E-state index contributed by atoms with van der Waals surface area (Å²) >= 11 is 0. The second-order valence-electron chi connectivity index (χ2n) is 6.39. The molecular formula is C17H27N3O3S. The van der Waals surface area contributed by atoms with Gasteiger partial charge in [-0.3, -0.25) is 4.79 Å². The van der Waals surface area contributed by atoms with Crippen molar-refractivity contribution in [3.63, 3.8) is 0 Å². The van der Waals surface area contributed by atoms with Gasteiger partial charge in [-0.05, 0) is 37.8 Å². The lowest BCUT2D eigenvalue weighted by Crippen LogP contribution is -2.45. The average molecular weight is 353 g/mol. The van der Waals surface area contributed by atoms with Crippen molar-refractivity contribution in [1.29, 1.82) is 0 Å². The van der Waals surface area contributed by atoms with Crippen molar-refractivity contribution < 1.29 is 13.2 Å². The van der Waals surface area contributed by atoms with Gasteiger partial charge in [0.05, 0.1) is 6.54 Å². The Morgan fingerprint density at radius 1 is 1.12 bits per heavy atom. The van der Waals surface area contributed by atoms with Crippen LogP contribution in [0.25, 0.3) is 0 Å². The van der Waals surface area contributed by atoms with Gasteiger partial charge in [0.15, 0.2) is 0 Å². The number of carbonyl (C=O) groups is 1. The molecule has 0 aliphatic carbocycles. The van der Waals surface area contributed by atoms with Crippen molar-refractivity contribution in [3.8, 4) is 0 Å². The monoisotopic (exact) mass is 353 g/mol. The molecule has 0 radical (unpaired) electrons. The summed E-state index contributed by atoms with van der Waals surface area (Å²) < 4.78 is 27.9. The minimum Gasteiger partial charge on any atom is -0.324 e. The number of carbonyl (C=O) groups excluding carboxylic acids is 1. The summed E-state index contributed by atoms with van der Waals surface area (Å²) in [4.78, 5) is 12.3. The maximum absolute atomic E-state index is 12.6. The van der Waals surface area contributed by atoms with Crippen LogP contribution in [0.3, 0.4) is 0 Å². The van der Waals surface area contributed by atoms with Crippen molar-refractivity contribution in [2.75, 3.05) is 32.0 Å². The molecule has 0 unspecified atom stereocenters. The Labute approximate surface area is 145 Å². The molecule has 1 fully saturated rings. The predicted octanol–water partition coefficient (Wildman–Crippen LogP) is 2.29. The Hall–Kier alpha value is -1.44. The molecule has 24 heavy (non-hydrogen) atoms. The standard InChI is InChI=1S/C17H27N3O3S/c1-14-9-8-10-15(2)17(14)18-16(21)13-19(3)24(22,23)20-11-6-4-5-7-12-20/h8-10H,4-7,11-13H2,1-3H3,(H,18,21). The van der Waals surface area contributed by atoms with E-state index in [4.69, 9.17) is 0 Å². The first kappa shape index (κ1) is 18.9. The summed E-state index contributed by atoms with van der Waals surface area (Å²) in [5.74, 6) is -0.326. The molecule has 1 aromatic rings. The van der Waals surface area contributed by atoms with Crippen LogP contribution in [-0.4, -0.2) is 49.6 Å². The summed E-state index contributed by atoms with van der Waals surface area (Å²) in [6.07, 6.45) is 3.87. The Kier molecular flexibility index (Phi) is 6.37. The van der Waals surface area contributed by atoms with Crippen LogP contribution in [0.1, 0.15) is 36.8 Å². The van der Waals surface area contributed by atoms with Crippen molar-refractivity contribution in [3.05, 3.63) is 29.3 Å². The predicted molar refractivity (Wildman–Crippen MR) is 96.1 cm³/mol. The van der Waals surface area contributed by atoms with Crippen molar-refractivity contribution >= 4 is 21.8 Å². The van der Waals surface area contributed by atoms with E-state index in [1.807, 2.05) is 32.0 Å². The first-order chi connectivity index (χ1) is 11.3. The molecular weight excluding hydrogens is 326 g/mol. The highest BCUT2D eigenvalue weighted by Gasteiger charge is 2.28. The fourth-order valence-corrected chi connectivity index (χ4v) is 4.34. The van der Waals surface area contributed by atoms with E-state index < -0.39 is 10.2 Å². The van der Waals surface area contributed by atoms with Gasteiger partial charge in [-0.1, -0.05) is 31.0 Å². The van der Waals surface area contributed by atoms with E-state index in [1.165, 1.54) is 11.4 Å². The minimum atomic E-state index is -3.59. The lowest BCUT2D eigenvalue weighted by atomic mass is 10.1. The van der Waals surface area contributed by atoms with E-state index in [2.05, 4.69) is 5.32 Å². The SMILES string of the molecule is Cc1cccc(C)c1NC(=O)CN(C)S(=O)(=O)N1CCCCCC1. The molecule has 1 saturated heterocycles. The van der Waals surface area contributed by atoms with E-state index >= 15 is 0 Å². The van der Waals surface area contributed by atoms with Crippen LogP contribution in [0.5, 0.6) is 0 Å². The highest BCUT2D eigenvalue weighted by Crippen LogP contribution is 2.20. The summed E-state index contributed by atoms with van der Waals surface area (Å²) in [5.41, 5.74) is 2.67. The van der Waals surface area contributed by atoms with Crippen LogP contribution >= 0.6 is 0 Å². The van der Waals surface area contributed by atoms with Gasteiger partial charge in [-0.15, -0.1) is 0 Å². The third kappa shape index (κ3) is 4.55. The highest BCUT2D eigenvalue weighted by atomic mass is 32.2. The van der Waals surface area contributed by atoms with E-state index in [0.717, 1.165) is 46.8 Å². The molecule has 1 N–H and O–H groups in total. The molecule has 0 saturated carbocycles. The normalized spacial score (nSPS) is 16.8. The molecule has 2 rings (SSSR count). The summed E-state index contributed by atoms with van der Waals surface area (Å²) in [7, 11) is -2.12. The van der Waals surface area contributed by atoms with Crippen LogP contribution < -0.4 is 5.32 Å². The lowest BCUT2D eigenvalue weighted by Gasteiger charge is -2.26. The van der Waals surface area contributed by atoms with Gasteiger partial charge < -0.3 is 5.32 Å². The van der Waals surface area contributed by atoms with Gasteiger partial charge in [0.25, 0.3) is 10.2 Å². The largest absolute Gasteiger partial charge is 0.324 e. The molecule has 1 aliphatic rings. The van der Waals surface area contributed by atoms with Crippen LogP contribution in [-0.2, 0) is 15.0 Å². The smallest absolute Gasteiger partial charge is 0.282 e. The number of amides is 1. The molecule has 0 aromatic heterocycles. The van der Waals surface area contributed by atoms with E-state index in [9.17, 15) is 13.2 Å². The fraction of sp³-hybridized carbons (Fsp3) is 0.588. The minimum absolute atomic E-state index is 0.188. The molecule has 7 heteroatoms. The summed E-state index contributed by atoms with van der Waals surface area (Å²) in [6, 6.07) is 5.76. The van der Waals surface area contributed by atoms with Gasteiger partial charge >= 0.3 is 0 Å². The second kappa shape index (κ2) is 8.09. The topological polar surface area (TPSA) is 69.7 Å². The zero-order valence-electron chi connectivity index (χ0n) is 14.7. The molecule has 134 valence electrons. The number of hydrogen-bond acceptors (Lipinski definition) is 3. The quantitative estimate of drug-likeness (QED) is 0.883.